The molecule has 37 heavy (non-hydrogen) atoms. The number of aliphatic hydroxyl groups excluding tert-OH is 2. The number of aryl methyl sites for hydroxylation is 2. The monoisotopic (exact) mass is 569 g/mol. The summed E-state index contributed by atoms with van der Waals surface area (Å²) >= 11 is 0. The van der Waals surface area contributed by atoms with E-state index in [4.69, 9.17) is 10.5 Å². The quantitative estimate of drug-likeness (QED) is 0.250. The van der Waals surface area contributed by atoms with Crippen LogP contribution in [0.2, 0.25) is 0 Å². The van der Waals surface area contributed by atoms with Gasteiger partial charge >= 0.3 is 18.5 Å². The maximum Gasteiger partial charge on any atom is 0.419 e. The Morgan fingerprint density at radius 3 is 1.70 bits per heavy atom. The first-order chi connectivity index (χ1) is 16.5. The molecule has 2 rings (SSSR count). The zero-order chi connectivity index (χ0) is 27.4. The largest absolute Gasteiger partial charge is 0.493 e. The Balaban J connectivity index is 0.00000684. The molecule has 0 fully saturated rings. The van der Waals surface area contributed by atoms with Crippen molar-refractivity contribution in [3.05, 3.63) is 64.2 Å². The van der Waals surface area contributed by atoms with Crippen molar-refractivity contribution in [2.75, 3.05) is 19.8 Å². The second-order valence-electron chi connectivity index (χ2n) is 8.37. The Hall–Kier alpha value is -2.22. The lowest BCUT2D eigenvalue weighted by Crippen LogP contribution is -2.47. The van der Waals surface area contributed by atoms with Gasteiger partial charge in [0.1, 0.15) is 5.75 Å². The average Bonchev–Trinajstić information content (AvgIpc) is 2.78. The molecular formula is C23H25ClF9NO3. The molecule has 0 saturated carbocycles. The van der Waals surface area contributed by atoms with Crippen LogP contribution in [0.25, 0.3) is 0 Å². The second kappa shape index (κ2) is 12.5. The third kappa shape index (κ3) is 9.55. The van der Waals surface area contributed by atoms with E-state index < -0.39 is 66.3 Å². The van der Waals surface area contributed by atoms with Crippen molar-refractivity contribution in [3.63, 3.8) is 0 Å². The van der Waals surface area contributed by atoms with Gasteiger partial charge in [-0.1, -0.05) is 6.07 Å². The Kier molecular flexibility index (Phi) is 11.1. The molecule has 0 aliphatic carbocycles. The molecule has 0 spiro atoms. The number of nitrogens with two attached hydrogens (primary N) is 1. The van der Waals surface area contributed by atoms with Crippen LogP contribution in [0.15, 0.2) is 36.4 Å². The number of halogens is 10. The van der Waals surface area contributed by atoms with Crippen LogP contribution < -0.4 is 10.5 Å². The van der Waals surface area contributed by atoms with Gasteiger partial charge in [-0.15, -0.1) is 12.4 Å². The summed E-state index contributed by atoms with van der Waals surface area (Å²) in [6.07, 6.45) is -15.3. The summed E-state index contributed by atoms with van der Waals surface area (Å²) in [5, 5.41) is 18.4. The van der Waals surface area contributed by atoms with Crippen LogP contribution in [0.4, 0.5) is 39.5 Å². The van der Waals surface area contributed by atoms with Gasteiger partial charge in [0.25, 0.3) is 0 Å². The maximum absolute atomic E-state index is 13.5. The van der Waals surface area contributed by atoms with Crippen LogP contribution in [0, 0.1) is 0 Å². The highest BCUT2D eigenvalue weighted by Gasteiger charge is 2.37. The first-order valence-corrected chi connectivity index (χ1v) is 10.6. The topological polar surface area (TPSA) is 75.7 Å². The predicted octanol–water partition coefficient (Wildman–Crippen LogP) is 5.79. The molecule has 0 aliphatic rings. The highest BCUT2D eigenvalue weighted by molar-refractivity contribution is 5.85. The first kappa shape index (κ1) is 32.8. The molecule has 2 aromatic rings. The van der Waals surface area contributed by atoms with Crippen molar-refractivity contribution in [2.45, 2.75) is 49.8 Å². The third-order valence-electron chi connectivity index (χ3n) is 5.41. The summed E-state index contributed by atoms with van der Waals surface area (Å²) in [6.45, 7) is -1.55. The molecule has 0 bridgehead atoms. The van der Waals surface area contributed by atoms with E-state index in [1.54, 1.807) is 0 Å². The molecule has 0 aromatic heterocycles. The third-order valence-corrected chi connectivity index (χ3v) is 5.41. The van der Waals surface area contributed by atoms with Crippen molar-refractivity contribution in [2.24, 2.45) is 5.73 Å². The number of hydrogen-bond acceptors (Lipinski definition) is 4. The fourth-order valence-corrected chi connectivity index (χ4v) is 3.30. The number of benzene rings is 2. The standard InChI is InChI=1S/C23H24F9NO3.ClH/c24-21(25,26)16-8-15(9-17(11-16)22(27,28)29)2-1-7-36-19-4-3-14(10-18(19)23(30,31)32)5-6-20(33,12-34)13-35;/h3-4,8-11,34-35H,1-2,5-7,12-13,33H2;1H. The van der Waals surface area contributed by atoms with E-state index in [-0.39, 0.29) is 55.3 Å². The minimum Gasteiger partial charge on any atom is -0.493 e. The van der Waals surface area contributed by atoms with Crippen molar-refractivity contribution in [3.8, 4) is 5.75 Å². The Labute approximate surface area is 212 Å². The molecule has 14 heteroatoms. The summed E-state index contributed by atoms with van der Waals surface area (Å²) in [4.78, 5) is 0. The van der Waals surface area contributed by atoms with Gasteiger partial charge < -0.3 is 20.7 Å². The molecule has 0 aliphatic heterocycles. The SMILES string of the molecule is Cl.NC(CO)(CO)CCc1ccc(OCCCc2cc(C(F)(F)F)cc(C(F)(F)F)c2)c(C(F)(F)F)c1. The van der Waals surface area contributed by atoms with E-state index in [0.29, 0.717) is 12.1 Å². The smallest absolute Gasteiger partial charge is 0.419 e. The van der Waals surface area contributed by atoms with Crippen LogP contribution in [0.1, 0.15) is 40.7 Å². The van der Waals surface area contributed by atoms with Crippen LogP contribution in [0.5, 0.6) is 5.75 Å². The highest BCUT2D eigenvalue weighted by atomic mass is 35.5. The van der Waals surface area contributed by atoms with E-state index in [9.17, 15) is 49.7 Å². The molecule has 4 N–H and O–H groups in total. The fourth-order valence-electron chi connectivity index (χ4n) is 3.30. The summed E-state index contributed by atoms with van der Waals surface area (Å²) in [7, 11) is 0. The fraction of sp³-hybridized carbons (Fsp3) is 0.478. The van der Waals surface area contributed by atoms with Gasteiger partial charge in [0.2, 0.25) is 0 Å². The minimum atomic E-state index is -5.01. The number of aliphatic hydroxyl groups is 2. The van der Waals surface area contributed by atoms with Crippen molar-refractivity contribution in [1.82, 2.24) is 0 Å². The Morgan fingerprint density at radius 1 is 0.703 bits per heavy atom. The average molecular weight is 570 g/mol. The molecule has 0 unspecified atom stereocenters. The van der Waals surface area contributed by atoms with E-state index in [1.807, 2.05) is 0 Å². The van der Waals surface area contributed by atoms with Gasteiger partial charge in [0.15, 0.2) is 0 Å². The lowest BCUT2D eigenvalue weighted by atomic mass is 9.93. The maximum atomic E-state index is 13.5. The van der Waals surface area contributed by atoms with Gasteiger partial charge in [-0.2, -0.15) is 39.5 Å². The Morgan fingerprint density at radius 2 is 1.24 bits per heavy atom. The molecule has 4 nitrogen and oxygen atoms in total. The van der Waals surface area contributed by atoms with E-state index in [1.165, 1.54) is 6.07 Å². The highest BCUT2D eigenvalue weighted by Crippen LogP contribution is 2.38. The number of hydrogen-bond donors (Lipinski definition) is 3. The summed E-state index contributed by atoms with van der Waals surface area (Å²) < 4.78 is 124. The molecule has 0 heterocycles. The number of alkyl halides is 9. The normalized spacial score (nSPS) is 12.9. The van der Waals surface area contributed by atoms with Gasteiger partial charge in [-0.25, -0.2) is 0 Å². The van der Waals surface area contributed by atoms with Gasteiger partial charge in [0, 0.05) is 0 Å². The number of rotatable bonds is 10. The lowest BCUT2D eigenvalue weighted by molar-refractivity contribution is -0.143. The molecule has 0 radical (unpaired) electrons. The van der Waals surface area contributed by atoms with Crippen molar-refractivity contribution >= 4 is 12.4 Å². The minimum absolute atomic E-state index is 0. The molecule has 0 atom stereocenters. The predicted molar refractivity (Wildman–Crippen MR) is 118 cm³/mol. The van der Waals surface area contributed by atoms with E-state index in [2.05, 4.69) is 0 Å². The van der Waals surface area contributed by atoms with Crippen LogP contribution in [0.3, 0.4) is 0 Å². The molecule has 0 saturated heterocycles. The van der Waals surface area contributed by atoms with Gasteiger partial charge in [-0.05, 0) is 67.1 Å². The zero-order valence-electron chi connectivity index (χ0n) is 19.1. The van der Waals surface area contributed by atoms with Crippen LogP contribution >= 0.6 is 12.4 Å². The van der Waals surface area contributed by atoms with E-state index >= 15 is 0 Å². The van der Waals surface area contributed by atoms with Crippen LogP contribution in [-0.2, 0) is 31.4 Å². The van der Waals surface area contributed by atoms with Gasteiger partial charge in [0.05, 0.1) is 42.0 Å². The van der Waals surface area contributed by atoms with E-state index in [0.717, 1.165) is 12.1 Å². The molecule has 210 valence electrons. The summed E-state index contributed by atoms with van der Waals surface area (Å²) in [6, 6.07) is 4.28. The molecule has 0 amide bonds. The summed E-state index contributed by atoms with van der Waals surface area (Å²) in [5.41, 5.74) is 0.177. The lowest BCUT2D eigenvalue weighted by Gasteiger charge is -2.24. The van der Waals surface area contributed by atoms with Crippen LogP contribution in [-0.4, -0.2) is 35.6 Å². The van der Waals surface area contributed by atoms with Crippen molar-refractivity contribution in [1.29, 1.82) is 0 Å². The van der Waals surface area contributed by atoms with Gasteiger partial charge in [-0.3, -0.25) is 0 Å². The van der Waals surface area contributed by atoms with Crippen molar-refractivity contribution < 1.29 is 54.5 Å². The number of ether oxygens (including phenoxy) is 1. The molecule has 2 aromatic carbocycles. The zero-order valence-corrected chi connectivity index (χ0v) is 19.9. The Bertz CT molecular complexity index is 988. The second-order valence-corrected chi connectivity index (χ2v) is 8.37. The molecular weight excluding hydrogens is 545 g/mol. The summed E-state index contributed by atoms with van der Waals surface area (Å²) in [5.74, 6) is -0.561. The first-order valence-electron chi connectivity index (χ1n) is 10.6.